The van der Waals surface area contributed by atoms with Crippen molar-refractivity contribution in [2.24, 2.45) is 7.05 Å². The Labute approximate surface area is 141 Å². The molecule has 0 radical (unpaired) electrons. The van der Waals surface area contributed by atoms with Gasteiger partial charge in [-0.3, -0.25) is 29.8 Å². The maximum atomic E-state index is 12.3. The lowest BCUT2D eigenvalue weighted by atomic mass is 10.3. The van der Waals surface area contributed by atoms with Crippen LogP contribution < -0.4 is 22.3 Å². The van der Waals surface area contributed by atoms with Gasteiger partial charge in [0.2, 0.25) is 5.95 Å². The summed E-state index contributed by atoms with van der Waals surface area (Å²) >= 11 is 0. The Morgan fingerprint density at radius 3 is 2.84 bits per heavy atom. The number of hydrazine groups is 1. The number of carbonyl (C=O) groups excluding carboxylic acids is 1. The van der Waals surface area contributed by atoms with Crippen LogP contribution in [0, 0.1) is 0 Å². The molecule has 0 aliphatic carbocycles. The number of nitrogen functional groups attached to an aromatic ring is 1. The van der Waals surface area contributed by atoms with Gasteiger partial charge in [-0.2, -0.15) is 9.97 Å². The molecule has 3 aromatic heterocycles. The normalized spacial score (nSPS) is 10.8. The van der Waals surface area contributed by atoms with Crippen LogP contribution in [-0.4, -0.2) is 41.7 Å². The molecule has 3 aromatic rings. The molecular formula is C14H16N8O3. The van der Waals surface area contributed by atoms with Crippen LogP contribution in [0.15, 0.2) is 29.2 Å². The first kappa shape index (κ1) is 16.4. The highest BCUT2D eigenvalue weighted by molar-refractivity contribution is 5.94. The molecule has 25 heavy (non-hydrogen) atoms. The van der Waals surface area contributed by atoms with Crippen LogP contribution in [0.25, 0.3) is 11.2 Å². The molecule has 0 spiro atoms. The third-order valence-electron chi connectivity index (χ3n) is 3.51. The molecule has 0 aliphatic heterocycles. The zero-order valence-corrected chi connectivity index (χ0v) is 13.3. The van der Waals surface area contributed by atoms with Crippen LogP contribution in [0.2, 0.25) is 0 Å². The van der Waals surface area contributed by atoms with E-state index in [0.29, 0.717) is 5.52 Å². The van der Waals surface area contributed by atoms with E-state index in [4.69, 9.17) is 10.8 Å². The number of aromatic nitrogens is 5. The summed E-state index contributed by atoms with van der Waals surface area (Å²) in [6.07, 6.45) is 1.49. The second-order valence-electron chi connectivity index (χ2n) is 5.11. The molecule has 11 heteroatoms. The molecule has 0 unspecified atom stereocenters. The van der Waals surface area contributed by atoms with E-state index >= 15 is 0 Å². The van der Waals surface area contributed by atoms with E-state index in [0.717, 1.165) is 0 Å². The maximum absolute atomic E-state index is 12.3. The second-order valence-corrected chi connectivity index (χ2v) is 5.11. The fourth-order valence-electron chi connectivity index (χ4n) is 2.39. The average Bonchev–Trinajstić information content (AvgIpc) is 2.85. The van der Waals surface area contributed by atoms with Gasteiger partial charge < -0.3 is 10.8 Å². The molecule has 1 amide bonds. The first-order valence-electron chi connectivity index (χ1n) is 7.34. The predicted molar refractivity (Wildman–Crippen MR) is 89.6 cm³/mol. The first-order chi connectivity index (χ1) is 12.0. The molecule has 0 saturated carbocycles. The topological polar surface area (TPSA) is 153 Å². The number of nitrogens with two attached hydrogens (primary N) is 1. The quantitative estimate of drug-likeness (QED) is 0.424. The Morgan fingerprint density at radius 1 is 1.36 bits per heavy atom. The lowest BCUT2D eigenvalue weighted by molar-refractivity contribution is 0.0957. The van der Waals surface area contributed by atoms with Gasteiger partial charge in [-0.25, -0.2) is 4.79 Å². The summed E-state index contributed by atoms with van der Waals surface area (Å²) in [6.45, 7) is -0.172. The molecular weight excluding hydrogens is 328 g/mol. The smallest absolute Gasteiger partial charge is 0.330 e. The Morgan fingerprint density at radius 2 is 2.16 bits per heavy atom. The van der Waals surface area contributed by atoms with Crippen molar-refractivity contribution in [1.29, 1.82) is 0 Å². The Kier molecular flexibility index (Phi) is 4.31. The number of pyridine rings is 1. The molecule has 0 bridgehead atoms. The van der Waals surface area contributed by atoms with Gasteiger partial charge in [0.25, 0.3) is 5.91 Å². The average molecular weight is 344 g/mol. The number of nitrogens with zero attached hydrogens (tertiary/aromatic N) is 5. The zero-order chi connectivity index (χ0) is 18.0. The number of amides is 1. The second kappa shape index (κ2) is 6.57. The van der Waals surface area contributed by atoms with Crippen LogP contribution >= 0.6 is 0 Å². The summed E-state index contributed by atoms with van der Waals surface area (Å²) in [5, 5.41) is 9.13. The monoisotopic (exact) mass is 344 g/mol. The van der Waals surface area contributed by atoms with Gasteiger partial charge in [0, 0.05) is 13.2 Å². The highest BCUT2D eigenvalue weighted by Gasteiger charge is 2.18. The predicted octanol–water partition coefficient (Wildman–Crippen LogP) is -1.14. The number of aryl methyl sites for hydroxylation is 1. The van der Waals surface area contributed by atoms with Crippen LogP contribution in [0.4, 0.5) is 11.8 Å². The van der Waals surface area contributed by atoms with Gasteiger partial charge >= 0.3 is 5.69 Å². The van der Waals surface area contributed by atoms with E-state index in [-0.39, 0.29) is 41.9 Å². The number of carbonyl (C=O) groups is 1. The maximum Gasteiger partial charge on any atom is 0.330 e. The Balaban J connectivity index is 1.98. The van der Waals surface area contributed by atoms with Gasteiger partial charge in [-0.1, -0.05) is 6.07 Å². The fraction of sp³-hybridized carbons (Fsp3) is 0.214. The van der Waals surface area contributed by atoms with Crippen LogP contribution in [0.3, 0.4) is 0 Å². The molecule has 0 fully saturated rings. The number of rotatable bonds is 5. The minimum atomic E-state index is -0.481. The van der Waals surface area contributed by atoms with E-state index in [9.17, 15) is 9.59 Å². The SMILES string of the molecule is Cn1c(=O)n(CCO)c2nc(N)nc(NNC(=O)c3ccccn3)c21. The summed E-state index contributed by atoms with van der Waals surface area (Å²) in [6, 6.07) is 4.93. The number of aliphatic hydroxyl groups is 1. The van der Waals surface area contributed by atoms with E-state index < -0.39 is 5.91 Å². The summed E-state index contributed by atoms with van der Waals surface area (Å²) in [7, 11) is 1.53. The number of fused-ring (bicyclic) bond motifs is 1. The Hall–Kier alpha value is -3.47. The summed E-state index contributed by atoms with van der Waals surface area (Å²) in [5.41, 5.74) is 11.2. The van der Waals surface area contributed by atoms with E-state index in [1.165, 1.54) is 22.4 Å². The molecule has 11 nitrogen and oxygen atoms in total. The van der Waals surface area contributed by atoms with Crippen molar-refractivity contribution in [1.82, 2.24) is 29.5 Å². The first-order valence-corrected chi connectivity index (χ1v) is 7.34. The Bertz CT molecular complexity index is 979. The van der Waals surface area contributed by atoms with Crippen molar-refractivity contribution < 1.29 is 9.90 Å². The third-order valence-corrected chi connectivity index (χ3v) is 3.51. The highest BCUT2D eigenvalue weighted by atomic mass is 16.3. The minimum Gasteiger partial charge on any atom is -0.395 e. The fourth-order valence-corrected chi connectivity index (χ4v) is 2.39. The van der Waals surface area contributed by atoms with E-state index in [1.807, 2.05) is 0 Å². The summed E-state index contributed by atoms with van der Waals surface area (Å²) < 4.78 is 2.58. The lowest BCUT2D eigenvalue weighted by Crippen LogP contribution is -2.31. The van der Waals surface area contributed by atoms with Crippen LogP contribution in [0.5, 0.6) is 0 Å². The van der Waals surface area contributed by atoms with Crippen molar-refractivity contribution in [3.63, 3.8) is 0 Å². The summed E-state index contributed by atoms with van der Waals surface area (Å²) in [4.78, 5) is 36.4. The van der Waals surface area contributed by atoms with E-state index in [1.54, 1.807) is 18.2 Å². The molecule has 0 saturated heterocycles. The van der Waals surface area contributed by atoms with Gasteiger partial charge in [0.05, 0.1) is 13.2 Å². The number of nitrogens with one attached hydrogen (secondary N) is 2. The van der Waals surface area contributed by atoms with Crippen molar-refractivity contribution in [2.75, 3.05) is 17.8 Å². The zero-order valence-electron chi connectivity index (χ0n) is 13.3. The third kappa shape index (κ3) is 2.99. The molecule has 0 aromatic carbocycles. The van der Waals surface area contributed by atoms with Gasteiger partial charge in [0.15, 0.2) is 11.5 Å². The summed E-state index contributed by atoms with van der Waals surface area (Å²) in [5.74, 6) is -0.409. The number of anilines is 2. The molecule has 3 rings (SSSR count). The van der Waals surface area contributed by atoms with Crippen molar-refractivity contribution >= 4 is 28.8 Å². The standard InChI is InChI=1S/C14H16N8O3/c1-21-9-10(19-20-12(24)8-4-2-3-5-16-8)17-13(15)18-11(9)22(6-7-23)14(21)25/h2-5,23H,6-7H2,1H3,(H,20,24)(H3,15,17,18,19). The molecule has 0 aliphatic rings. The molecule has 0 atom stereocenters. The van der Waals surface area contributed by atoms with Crippen molar-refractivity contribution in [3.8, 4) is 0 Å². The highest BCUT2D eigenvalue weighted by Crippen LogP contribution is 2.19. The van der Waals surface area contributed by atoms with Crippen molar-refractivity contribution in [2.45, 2.75) is 6.54 Å². The number of hydrogen-bond acceptors (Lipinski definition) is 8. The van der Waals surface area contributed by atoms with Crippen LogP contribution in [0.1, 0.15) is 10.5 Å². The number of imidazole rings is 1. The van der Waals surface area contributed by atoms with Crippen LogP contribution in [-0.2, 0) is 13.6 Å². The molecule has 130 valence electrons. The minimum absolute atomic E-state index is 0.0619. The molecule has 3 heterocycles. The van der Waals surface area contributed by atoms with Gasteiger partial charge in [-0.15, -0.1) is 0 Å². The van der Waals surface area contributed by atoms with Gasteiger partial charge in [-0.05, 0) is 12.1 Å². The van der Waals surface area contributed by atoms with Crippen molar-refractivity contribution in [3.05, 3.63) is 40.6 Å². The van der Waals surface area contributed by atoms with E-state index in [2.05, 4.69) is 25.8 Å². The number of hydrogen-bond donors (Lipinski definition) is 4. The molecule has 5 N–H and O–H groups in total. The number of aliphatic hydroxyl groups excluding tert-OH is 1. The lowest BCUT2D eigenvalue weighted by Gasteiger charge is -2.09. The largest absolute Gasteiger partial charge is 0.395 e. The van der Waals surface area contributed by atoms with Gasteiger partial charge in [0.1, 0.15) is 11.2 Å².